The van der Waals surface area contributed by atoms with E-state index in [-0.39, 0.29) is 5.82 Å². The van der Waals surface area contributed by atoms with E-state index < -0.39 is 0 Å². The predicted molar refractivity (Wildman–Crippen MR) is 102 cm³/mol. The Morgan fingerprint density at radius 1 is 1.12 bits per heavy atom. The van der Waals surface area contributed by atoms with Gasteiger partial charge in [-0.3, -0.25) is 0 Å². The second-order valence-corrected chi connectivity index (χ2v) is 7.98. The summed E-state index contributed by atoms with van der Waals surface area (Å²) in [6.45, 7) is 3.64. The molecule has 0 amide bonds. The molecular formula is C19H19FN4OS. The van der Waals surface area contributed by atoms with Crippen LogP contribution >= 0.6 is 11.3 Å². The van der Waals surface area contributed by atoms with Gasteiger partial charge in [-0.05, 0) is 24.3 Å². The van der Waals surface area contributed by atoms with Gasteiger partial charge in [0.15, 0.2) is 16.8 Å². The van der Waals surface area contributed by atoms with Crippen LogP contribution < -0.4 is 14.5 Å². The van der Waals surface area contributed by atoms with Gasteiger partial charge in [0.05, 0.1) is 17.3 Å². The fraction of sp³-hybridized carbons (Fsp3) is 0.368. The lowest BCUT2D eigenvalue weighted by Gasteiger charge is -2.22. The molecule has 2 aliphatic heterocycles. The van der Waals surface area contributed by atoms with Crippen LogP contribution in [-0.2, 0) is 0 Å². The molecular weight excluding hydrogens is 351 g/mol. The first-order valence-corrected chi connectivity index (χ1v) is 9.58. The van der Waals surface area contributed by atoms with E-state index in [4.69, 9.17) is 9.72 Å². The van der Waals surface area contributed by atoms with E-state index in [1.807, 2.05) is 12.1 Å². The molecule has 7 heteroatoms. The molecule has 4 heterocycles. The molecule has 2 aromatic heterocycles. The number of hydrogen-bond donors (Lipinski definition) is 0. The number of thiazole rings is 1. The smallest absolute Gasteiger partial charge is 0.186 e. The van der Waals surface area contributed by atoms with Crippen molar-refractivity contribution in [2.75, 3.05) is 43.1 Å². The van der Waals surface area contributed by atoms with Gasteiger partial charge in [-0.15, -0.1) is 0 Å². The monoisotopic (exact) mass is 370 g/mol. The summed E-state index contributed by atoms with van der Waals surface area (Å²) in [5, 5.41) is 1.07. The summed E-state index contributed by atoms with van der Waals surface area (Å²) in [6, 6.07) is 9.15. The largest absolute Gasteiger partial charge is 0.497 e. The van der Waals surface area contributed by atoms with E-state index in [2.05, 4.69) is 20.9 Å². The van der Waals surface area contributed by atoms with Crippen molar-refractivity contribution in [3.8, 4) is 5.75 Å². The summed E-state index contributed by atoms with van der Waals surface area (Å²) in [5.41, 5.74) is 0.985. The van der Waals surface area contributed by atoms with Crippen LogP contribution in [0.4, 0.5) is 15.3 Å². The van der Waals surface area contributed by atoms with Crippen LogP contribution in [0.3, 0.4) is 0 Å². The van der Waals surface area contributed by atoms with E-state index >= 15 is 0 Å². The summed E-state index contributed by atoms with van der Waals surface area (Å²) in [7, 11) is 1.67. The molecule has 5 rings (SSSR count). The normalized spacial score (nSPS) is 22.2. The van der Waals surface area contributed by atoms with Crippen LogP contribution in [0.1, 0.15) is 0 Å². The third kappa shape index (κ3) is 2.58. The number of nitrogens with zero attached hydrogens (tertiary/aromatic N) is 4. The van der Waals surface area contributed by atoms with E-state index in [1.165, 1.54) is 10.8 Å². The van der Waals surface area contributed by atoms with Gasteiger partial charge in [0.1, 0.15) is 5.75 Å². The van der Waals surface area contributed by atoms with Crippen molar-refractivity contribution in [1.82, 2.24) is 9.97 Å². The van der Waals surface area contributed by atoms with Crippen LogP contribution in [0.25, 0.3) is 10.2 Å². The highest BCUT2D eigenvalue weighted by molar-refractivity contribution is 7.22. The molecule has 1 aromatic carbocycles. The quantitative estimate of drug-likeness (QED) is 0.707. The minimum Gasteiger partial charge on any atom is -0.497 e. The van der Waals surface area contributed by atoms with E-state index in [1.54, 1.807) is 30.7 Å². The van der Waals surface area contributed by atoms with Crippen molar-refractivity contribution in [2.24, 2.45) is 11.8 Å². The van der Waals surface area contributed by atoms with Crippen molar-refractivity contribution in [2.45, 2.75) is 0 Å². The Morgan fingerprint density at radius 3 is 2.62 bits per heavy atom. The maximum atomic E-state index is 14.0. The second kappa shape index (κ2) is 6.09. The Labute approximate surface area is 155 Å². The molecule has 2 saturated heterocycles. The lowest BCUT2D eigenvalue weighted by atomic mass is 10.0. The van der Waals surface area contributed by atoms with Crippen molar-refractivity contribution in [3.63, 3.8) is 0 Å². The fourth-order valence-electron chi connectivity index (χ4n) is 4.09. The van der Waals surface area contributed by atoms with Crippen molar-refractivity contribution in [1.29, 1.82) is 0 Å². The molecule has 2 aliphatic rings. The van der Waals surface area contributed by atoms with Crippen molar-refractivity contribution in [3.05, 3.63) is 42.3 Å². The summed E-state index contributed by atoms with van der Waals surface area (Å²) in [5.74, 6) is 2.14. The number of benzene rings is 1. The second-order valence-electron chi connectivity index (χ2n) is 6.97. The highest BCUT2D eigenvalue weighted by Crippen LogP contribution is 2.39. The van der Waals surface area contributed by atoms with Gasteiger partial charge in [-0.25, -0.2) is 14.4 Å². The zero-order valence-corrected chi connectivity index (χ0v) is 15.2. The molecule has 5 nitrogen and oxygen atoms in total. The Hall–Kier alpha value is -2.41. The SMILES string of the molecule is COc1ccc2sc(N3CC4CN(c5ncccc5F)CC4C3)nc2c1. The molecule has 2 fully saturated rings. The number of methoxy groups -OCH3 is 1. The number of halogens is 1. The minimum atomic E-state index is -0.232. The standard InChI is InChI=1S/C19H19FN4OS/c1-25-14-4-5-17-16(7-14)22-19(26-17)24-10-12-8-23(9-13(12)11-24)18-15(20)3-2-6-21-18/h2-7,12-13H,8-11H2,1H3. The lowest BCUT2D eigenvalue weighted by molar-refractivity contribution is 0.415. The maximum absolute atomic E-state index is 14.0. The number of aromatic nitrogens is 2. The van der Waals surface area contributed by atoms with Gasteiger partial charge >= 0.3 is 0 Å². The van der Waals surface area contributed by atoms with Crippen LogP contribution in [0.2, 0.25) is 0 Å². The lowest BCUT2D eigenvalue weighted by Crippen LogP contribution is -2.29. The Kier molecular flexibility index (Phi) is 3.70. The fourth-order valence-corrected chi connectivity index (χ4v) is 5.05. The number of hydrogen-bond acceptors (Lipinski definition) is 6. The molecule has 2 atom stereocenters. The van der Waals surface area contributed by atoms with E-state index in [9.17, 15) is 4.39 Å². The van der Waals surface area contributed by atoms with Crippen LogP contribution in [-0.4, -0.2) is 43.3 Å². The van der Waals surface area contributed by atoms with Crippen LogP contribution in [0.5, 0.6) is 5.75 Å². The highest BCUT2D eigenvalue weighted by atomic mass is 32.1. The summed E-state index contributed by atoms with van der Waals surface area (Å²) in [4.78, 5) is 13.5. The average molecular weight is 370 g/mol. The molecule has 0 N–H and O–H groups in total. The average Bonchev–Trinajstić information content (AvgIpc) is 3.33. The van der Waals surface area contributed by atoms with E-state index in [0.717, 1.165) is 42.6 Å². The van der Waals surface area contributed by atoms with Crippen molar-refractivity contribution >= 4 is 32.5 Å². The van der Waals surface area contributed by atoms with E-state index in [0.29, 0.717) is 17.7 Å². The van der Waals surface area contributed by atoms with Gasteiger partial charge in [0.25, 0.3) is 0 Å². The Balaban J connectivity index is 1.33. The van der Waals surface area contributed by atoms with Gasteiger partial charge in [-0.2, -0.15) is 0 Å². The zero-order valence-electron chi connectivity index (χ0n) is 14.4. The summed E-state index contributed by atoms with van der Waals surface area (Å²) >= 11 is 1.73. The van der Waals surface area contributed by atoms with Crippen LogP contribution in [0.15, 0.2) is 36.5 Å². The van der Waals surface area contributed by atoms with Gasteiger partial charge in [0.2, 0.25) is 0 Å². The molecule has 0 radical (unpaired) electrons. The molecule has 2 unspecified atom stereocenters. The number of anilines is 2. The number of rotatable bonds is 3. The molecule has 134 valence electrons. The highest BCUT2D eigenvalue weighted by Gasteiger charge is 2.41. The molecule has 0 bridgehead atoms. The number of ether oxygens (including phenoxy) is 1. The topological polar surface area (TPSA) is 41.5 Å². The van der Waals surface area contributed by atoms with Crippen LogP contribution in [0, 0.1) is 17.7 Å². The maximum Gasteiger partial charge on any atom is 0.186 e. The van der Waals surface area contributed by atoms with Crippen molar-refractivity contribution < 1.29 is 9.13 Å². The van der Waals surface area contributed by atoms with Gasteiger partial charge in [0, 0.05) is 50.3 Å². The third-order valence-electron chi connectivity index (χ3n) is 5.38. The summed E-state index contributed by atoms with van der Waals surface area (Å²) in [6.07, 6.45) is 1.66. The van der Waals surface area contributed by atoms with Gasteiger partial charge < -0.3 is 14.5 Å². The molecule has 0 aliphatic carbocycles. The third-order valence-corrected chi connectivity index (χ3v) is 6.48. The number of pyridine rings is 1. The molecule has 26 heavy (non-hydrogen) atoms. The first-order chi connectivity index (χ1) is 12.7. The molecule has 0 spiro atoms. The first-order valence-electron chi connectivity index (χ1n) is 8.76. The Bertz CT molecular complexity index is 948. The first kappa shape index (κ1) is 15.8. The Morgan fingerprint density at radius 2 is 1.88 bits per heavy atom. The van der Waals surface area contributed by atoms with Gasteiger partial charge in [-0.1, -0.05) is 11.3 Å². The molecule has 0 saturated carbocycles. The number of fused-ring (bicyclic) bond motifs is 2. The minimum absolute atomic E-state index is 0.232. The summed E-state index contributed by atoms with van der Waals surface area (Å²) < 4.78 is 20.5. The predicted octanol–water partition coefficient (Wildman–Crippen LogP) is 3.41. The zero-order chi connectivity index (χ0) is 17.7. The molecule has 3 aromatic rings.